The number of hydrogen-bond donors (Lipinski definition) is 1. The van der Waals surface area contributed by atoms with Gasteiger partial charge in [-0.2, -0.15) is 0 Å². The average molecular weight is 286 g/mol. The van der Waals surface area contributed by atoms with Crippen molar-refractivity contribution in [1.29, 1.82) is 0 Å². The van der Waals surface area contributed by atoms with Gasteiger partial charge >= 0.3 is 0 Å². The van der Waals surface area contributed by atoms with Crippen LogP contribution in [0, 0.1) is 5.92 Å². The van der Waals surface area contributed by atoms with E-state index in [1.54, 1.807) is 0 Å². The molecule has 1 aliphatic carbocycles. The van der Waals surface area contributed by atoms with E-state index in [1.807, 2.05) is 0 Å². The van der Waals surface area contributed by atoms with E-state index in [0.717, 1.165) is 17.9 Å². The standard InChI is InChI=1S/C19H30N2/c1-3-11-21-12-9-16(10-13-21)15(2)20-19-14-18(19)17-7-5-4-6-8-17/h4-8,15-16,18-20H,3,9-14H2,1-2H3. The number of nitrogens with one attached hydrogen (secondary N) is 1. The van der Waals surface area contributed by atoms with Gasteiger partial charge < -0.3 is 10.2 Å². The highest BCUT2D eigenvalue weighted by Crippen LogP contribution is 2.41. The Labute approximate surface area is 129 Å². The molecule has 1 aromatic rings. The predicted molar refractivity (Wildman–Crippen MR) is 89.6 cm³/mol. The maximum absolute atomic E-state index is 3.90. The molecule has 0 aromatic heterocycles. The second-order valence-electron chi connectivity index (χ2n) is 6.99. The lowest BCUT2D eigenvalue weighted by molar-refractivity contribution is 0.162. The van der Waals surface area contributed by atoms with E-state index in [9.17, 15) is 0 Å². The first-order valence-corrected chi connectivity index (χ1v) is 8.81. The molecule has 0 radical (unpaired) electrons. The van der Waals surface area contributed by atoms with Crippen molar-refractivity contribution in [2.75, 3.05) is 19.6 Å². The number of likely N-dealkylation sites (tertiary alicyclic amines) is 1. The van der Waals surface area contributed by atoms with E-state index < -0.39 is 0 Å². The molecule has 0 spiro atoms. The first kappa shape index (κ1) is 15.1. The Balaban J connectivity index is 1.43. The van der Waals surface area contributed by atoms with Gasteiger partial charge in [0, 0.05) is 18.0 Å². The summed E-state index contributed by atoms with van der Waals surface area (Å²) in [6, 6.07) is 12.4. The van der Waals surface area contributed by atoms with Gasteiger partial charge in [-0.25, -0.2) is 0 Å². The highest BCUT2D eigenvalue weighted by Gasteiger charge is 2.39. The summed E-state index contributed by atoms with van der Waals surface area (Å²) < 4.78 is 0. The molecule has 2 aliphatic rings. The molecule has 1 heterocycles. The van der Waals surface area contributed by atoms with Gasteiger partial charge in [0.15, 0.2) is 0 Å². The lowest BCUT2D eigenvalue weighted by Gasteiger charge is -2.35. The highest BCUT2D eigenvalue weighted by molar-refractivity contribution is 5.27. The SMILES string of the molecule is CCCN1CCC(C(C)NC2CC2c2ccccc2)CC1. The largest absolute Gasteiger partial charge is 0.311 e. The normalized spacial score (nSPS) is 28.5. The lowest BCUT2D eigenvalue weighted by Crippen LogP contribution is -2.43. The molecule has 3 rings (SSSR count). The zero-order valence-electron chi connectivity index (χ0n) is 13.6. The molecule has 3 atom stereocenters. The molecule has 21 heavy (non-hydrogen) atoms. The van der Waals surface area contributed by atoms with E-state index in [0.29, 0.717) is 6.04 Å². The molecule has 1 saturated heterocycles. The Hall–Kier alpha value is -0.860. The number of piperidine rings is 1. The van der Waals surface area contributed by atoms with Crippen LogP contribution < -0.4 is 5.32 Å². The van der Waals surface area contributed by atoms with Gasteiger partial charge in [0.05, 0.1) is 0 Å². The quantitative estimate of drug-likeness (QED) is 0.859. The topological polar surface area (TPSA) is 15.3 Å². The third kappa shape index (κ3) is 3.87. The number of nitrogens with zero attached hydrogens (tertiary/aromatic N) is 1. The van der Waals surface area contributed by atoms with Crippen LogP contribution in [-0.2, 0) is 0 Å². The number of benzene rings is 1. The maximum Gasteiger partial charge on any atom is 0.0145 e. The Morgan fingerprint density at radius 1 is 1.19 bits per heavy atom. The minimum absolute atomic E-state index is 0.674. The Kier molecular flexibility index (Phi) is 4.97. The second kappa shape index (κ2) is 6.93. The van der Waals surface area contributed by atoms with E-state index in [2.05, 4.69) is 54.4 Å². The van der Waals surface area contributed by atoms with Crippen molar-refractivity contribution < 1.29 is 0 Å². The predicted octanol–water partition coefficient (Wildman–Crippen LogP) is 3.64. The Morgan fingerprint density at radius 3 is 2.57 bits per heavy atom. The van der Waals surface area contributed by atoms with Crippen LogP contribution in [0.4, 0.5) is 0 Å². The fraction of sp³-hybridized carbons (Fsp3) is 0.684. The molecule has 1 N–H and O–H groups in total. The lowest BCUT2D eigenvalue weighted by atomic mass is 9.90. The Bertz CT molecular complexity index is 422. The molecule has 2 fully saturated rings. The highest BCUT2D eigenvalue weighted by atomic mass is 15.1. The van der Waals surface area contributed by atoms with E-state index in [1.165, 1.54) is 50.9 Å². The van der Waals surface area contributed by atoms with Crippen LogP contribution in [0.15, 0.2) is 30.3 Å². The van der Waals surface area contributed by atoms with Crippen molar-refractivity contribution in [1.82, 2.24) is 10.2 Å². The molecular formula is C19H30N2. The fourth-order valence-electron chi connectivity index (χ4n) is 3.91. The summed E-state index contributed by atoms with van der Waals surface area (Å²) in [5.74, 6) is 1.63. The molecule has 116 valence electrons. The van der Waals surface area contributed by atoms with Gasteiger partial charge in [0.25, 0.3) is 0 Å². The van der Waals surface area contributed by atoms with Crippen LogP contribution in [0.1, 0.15) is 51.0 Å². The minimum atomic E-state index is 0.674. The first-order chi connectivity index (χ1) is 10.3. The summed E-state index contributed by atoms with van der Waals surface area (Å²) in [6.07, 6.45) is 5.36. The number of hydrogen-bond acceptors (Lipinski definition) is 2. The van der Waals surface area contributed by atoms with Crippen LogP contribution in [0.5, 0.6) is 0 Å². The van der Waals surface area contributed by atoms with E-state index in [-0.39, 0.29) is 0 Å². The molecule has 3 unspecified atom stereocenters. The summed E-state index contributed by atoms with van der Waals surface area (Å²) in [5.41, 5.74) is 1.51. The number of rotatable bonds is 6. The summed E-state index contributed by atoms with van der Waals surface area (Å²) in [7, 11) is 0. The molecule has 0 amide bonds. The minimum Gasteiger partial charge on any atom is -0.311 e. The van der Waals surface area contributed by atoms with Crippen LogP contribution >= 0.6 is 0 Å². The van der Waals surface area contributed by atoms with Crippen LogP contribution in [-0.4, -0.2) is 36.6 Å². The summed E-state index contributed by atoms with van der Waals surface area (Å²) in [5, 5.41) is 3.90. The maximum atomic E-state index is 3.90. The Morgan fingerprint density at radius 2 is 1.90 bits per heavy atom. The van der Waals surface area contributed by atoms with Crippen molar-refractivity contribution in [3.05, 3.63) is 35.9 Å². The van der Waals surface area contributed by atoms with Gasteiger partial charge in [-0.1, -0.05) is 37.3 Å². The summed E-state index contributed by atoms with van der Waals surface area (Å²) >= 11 is 0. The van der Waals surface area contributed by atoms with Crippen molar-refractivity contribution in [2.45, 2.75) is 57.5 Å². The monoisotopic (exact) mass is 286 g/mol. The van der Waals surface area contributed by atoms with Crippen molar-refractivity contribution in [3.63, 3.8) is 0 Å². The average Bonchev–Trinajstić information content (AvgIpc) is 3.28. The smallest absolute Gasteiger partial charge is 0.0145 e. The molecule has 2 heteroatoms. The molecule has 0 bridgehead atoms. The molecule has 2 nitrogen and oxygen atoms in total. The third-order valence-corrected chi connectivity index (χ3v) is 5.37. The first-order valence-electron chi connectivity index (χ1n) is 8.81. The van der Waals surface area contributed by atoms with Crippen LogP contribution in [0.3, 0.4) is 0 Å². The molecular weight excluding hydrogens is 256 g/mol. The second-order valence-corrected chi connectivity index (χ2v) is 6.99. The zero-order chi connectivity index (χ0) is 14.7. The van der Waals surface area contributed by atoms with Gasteiger partial charge in [-0.15, -0.1) is 0 Å². The van der Waals surface area contributed by atoms with Crippen molar-refractivity contribution >= 4 is 0 Å². The third-order valence-electron chi connectivity index (χ3n) is 5.37. The molecule has 1 aromatic carbocycles. The fourth-order valence-corrected chi connectivity index (χ4v) is 3.91. The van der Waals surface area contributed by atoms with E-state index in [4.69, 9.17) is 0 Å². The summed E-state index contributed by atoms with van der Waals surface area (Å²) in [4.78, 5) is 2.63. The molecule has 1 aliphatic heterocycles. The van der Waals surface area contributed by atoms with E-state index >= 15 is 0 Å². The van der Waals surface area contributed by atoms with Gasteiger partial charge in [-0.05, 0) is 63.7 Å². The van der Waals surface area contributed by atoms with Gasteiger partial charge in [0.1, 0.15) is 0 Å². The van der Waals surface area contributed by atoms with Gasteiger partial charge in [-0.3, -0.25) is 0 Å². The summed E-state index contributed by atoms with van der Waals surface area (Å²) in [6.45, 7) is 8.58. The van der Waals surface area contributed by atoms with Gasteiger partial charge in [0.2, 0.25) is 0 Å². The molecule has 1 saturated carbocycles. The van der Waals surface area contributed by atoms with Crippen LogP contribution in [0.2, 0.25) is 0 Å². The van der Waals surface area contributed by atoms with Crippen molar-refractivity contribution in [3.8, 4) is 0 Å². The zero-order valence-corrected chi connectivity index (χ0v) is 13.6. The van der Waals surface area contributed by atoms with Crippen molar-refractivity contribution in [2.24, 2.45) is 5.92 Å². The van der Waals surface area contributed by atoms with Crippen LogP contribution in [0.25, 0.3) is 0 Å².